The fraction of sp³-hybridized carbons (Fsp3) is 1.00. The summed E-state index contributed by atoms with van der Waals surface area (Å²) in [5, 5.41) is 3.82. The zero-order valence-corrected chi connectivity index (χ0v) is 14.8. The Bertz CT molecular complexity index is 252. The van der Waals surface area contributed by atoms with Gasteiger partial charge in [0, 0.05) is 18.6 Å². The summed E-state index contributed by atoms with van der Waals surface area (Å²) in [4.78, 5) is 2.58. The van der Waals surface area contributed by atoms with Crippen LogP contribution >= 0.6 is 0 Å². The Morgan fingerprint density at radius 2 is 1.85 bits per heavy atom. The van der Waals surface area contributed by atoms with E-state index in [0.717, 1.165) is 23.8 Å². The quantitative estimate of drug-likeness (QED) is 0.719. The third-order valence-corrected chi connectivity index (χ3v) is 5.49. The van der Waals surface area contributed by atoms with Crippen LogP contribution < -0.4 is 5.32 Å². The van der Waals surface area contributed by atoms with Crippen LogP contribution in [0.25, 0.3) is 0 Å². The van der Waals surface area contributed by atoms with E-state index in [1.165, 1.54) is 45.2 Å². The molecule has 0 aliphatic heterocycles. The molecule has 0 aromatic rings. The van der Waals surface area contributed by atoms with E-state index in [9.17, 15) is 0 Å². The Kier molecular flexibility index (Phi) is 8.13. The zero-order chi connectivity index (χ0) is 15.1. The molecule has 1 fully saturated rings. The summed E-state index contributed by atoms with van der Waals surface area (Å²) in [5.74, 6) is 2.62. The first-order valence-electron chi connectivity index (χ1n) is 8.93. The van der Waals surface area contributed by atoms with Gasteiger partial charge in [-0.2, -0.15) is 0 Å². The molecular weight excluding hydrogens is 244 g/mol. The summed E-state index contributed by atoms with van der Waals surface area (Å²) >= 11 is 0. The monoisotopic (exact) mass is 282 g/mol. The van der Waals surface area contributed by atoms with E-state index in [2.05, 4.69) is 51.9 Å². The van der Waals surface area contributed by atoms with Gasteiger partial charge in [0.2, 0.25) is 0 Å². The normalized spacial score (nSPS) is 29.1. The molecule has 1 aliphatic rings. The maximum Gasteiger partial charge on any atom is 0.0108 e. The number of nitrogens with one attached hydrogen (secondary N) is 1. The number of hydrogen-bond acceptors (Lipinski definition) is 2. The second-order valence-corrected chi connectivity index (χ2v) is 7.33. The van der Waals surface area contributed by atoms with Crippen molar-refractivity contribution in [3.63, 3.8) is 0 Å². The molecule has 1 saturated carbocycles. The van der Waals surface area contributed by atoms with E-state index in [-0.39, 0.29) is 0 Å². The van der Waals surface area contributed by atoms with Gasteiger partial charge in [0.05, 0.1) is 0 Å². The summed E-state index contributed by atoms with van der Waals surface area (Å²) < 4.78 is 0. The van der Waals surface area contributed by atoms with Gasteiger partial charge in [-0.05, 0) is 70.4 Å². The number of hydrogen-bond donors (Lipinski definition) is 1. The van der Waals surface area contributed by atoms with Crippen molar-refractivity contribution >= 4 is 0 Å². The average molecular weight is 283 g/mol. The topological polar surface area (TPSA) is 15.3 Å². The van der Waals surface area contributed by atoms with Crippen LogP contribution in [0.2, 0.25) is 0 Å². The lowest BCUT2D eigenvalue weighted by Gasteiger charge is -2.41. The minimum Gasteiger partial charge on any atom is -0.314 e. The molecule has 4 unspecified atom stereocenters. The molecule has 0 heterocycles. The van der Waals surface area contributed by atoms with Crippen LogP contribution in [-0.4, -0.2) is 37.1 Å². The molecule has 0 radical (unpaired) electrons. The van der Waals surface area contributed by atoms with Gasteiger partial charge in [-0.15, -0.1) is 0 Å². The van der Waals surface area contributed by atoms with Crippen LogP contribution in [0.3, 0.4) is 0 Å². The largest absolute Gasteiger partial charge is 0.314 e. The highest BCUT2D eigenvalue weighted by Crippen LogP contribution is 2.34. The van der Waals surface area contributed by atoms with Crippen molar-refractivity contribution < 1.29 is 0 Å². The van der Waals surface area contributed by atoms with E-state index in [0.29, 0.717) is 6.04 Å². The fourth-order valence-corrected chi connectivity index (χ4v) is 3.57. The van der Waals surface area contributed by atoms with Crippen LogP contribution in [0.1, 0.15) is 66.7 Å². The van der Waals surface area contributed by atoms with Crippen LogP contribution in [0.5, 0.6) is 0 Å². The van der Waals surface area contributed by atoms with Crippen molar-refractivity contribution in [2.75, 3.05) is 20.1 Å². The molecule has 0 saturated heterocycles. The first-order valence-corrected chi connectivity index (χ1v) is 8.93. The third-order valence-electron chi connectivity index (χ3n) is 5.49. The Morgan fingerprint density at radius 1 is 1.15 bits per heavy atom. The first kappa shape index (κ1) is 18.0. The van der Waals surface area contributed by atoms with E-state index >= 15 is 0 Å². The Labute approximate surface area is 127 Å². The van der Waals surface area contributed by atoms with E-state index in [1.54, 1.807) is 0 Å². The Balaban J connectivity index is 2.60. The Morgan fingerprint density at radius 3 is 2.40 bits per heavy atom. The second kappa shape index (κ2) is 9.04. The predicted molar refractivity (Wildman–Crippen MR) is 90.1 cm³/mol. The molecule has 2 nitrogen and oxygen atoms in total. The lowest BCUT2D eigenvalue weighted by Crippen LogP contribution is -2.47. The molecular formula is C18H38N2. The minimum absolute atomic E-state index is 0.709. The van der Waals surface area contributed by atoms with Gasteiger partial charge in [0.1, 0.15) is 0 Å². The SMILES string of the molecule is CCCNC1CCC(C(C)C)CC1CN(C)C(C)CC. The molecule has 0 bridgehead atoms. The van der Waals surface area contributed by atoms with Crippen molar-refractivity contribution in [3.8, 4) is 0 Å². The summed E-state index contributed by atoms with van der Waals surface area (Å²) in [5.41, 5.74) is 0. The molecule has 20 heavy (non-hydrogen) atoms. The van der Waals surface area contributed by atoms with Crippen molar-refractivity contribution in [2.24, 2.45) is 17.8 Å². The van der Waals surface area contributed by atoms with Gasteiger partial charge in [-0.3, -0.25) is 0 Å². The van der Waals surface area contributed by atoms with Gasteiger partial charge in [0.15, 0.2) is 0 Å². The molecule has 2 heteroatoms. The highest BCUT2D eigenvalue weighted by atomic mass is 15.1. The molecule has 1 aliphatic carbocycles. The van der Waals surface area contributed by atoms with Crippen LogP contribution in [-0.2, 0) is 0 Å². The van der Waals surface area contributed by atoms with Crippen LogP contribution in [0.4, 0.5) is 0 Å². The molecule has 1 N–H and O–H groups in total. The summed E-state index contributed by atoms with van der Waals surface area (Å²) in [7, 11) is 2.31. The van der Waals surface area contributed by atoms with Gasteiger partial charge in [-0.1, -0.05) is 27.7 Å². The lowest BCUT2D eigenvalue weighted by atomic mass is 9.73. The molecule has 120 valence electrons. The van der Waals surface area contributed by atoms with Crippen molar-refractivity contribution in [3.05, 3.63) is 0 Å². The second-order valence-electron chi connectivity index (χ2n) is 7.33. The standard InChI is InChI=1S/C18H38N2/c1-7-11-19-18-10-9-16(14(3)4)12-17(18)13-20(6)15(5)8-2/h14-19H,7-13H2,1-6H3. The highest BCUT2D eigenvalue weighted by molar-refractivity contribution is 4.87. The van der Waals surface area contributed by atoms with Gasteiger partial charge >= 0.3 is 0 Å². The summed E-state index contributed by atoms with van der Waals surface area (Å²) in [6.07, 6.45) is 6.71. The summed E-state index contributed by atoms with van der Waals surface area (Å²) in [6.45, 7) is 14.2. The lowest BCUT2D eigenvalue weighted by molar-refractivity contribution is 0.116. The van der Waals surface area contributed by atoms with Gasteiger partial charge in [0.25, 0.3) is 0 Å². The molecule has 0 aromatic carbocycles. The average Bonchev–Trinajstić information content (AvgIpc) is 2.44. The molecule has 0 amide bonds. The van der Waals surface area contributed by atoms with E-state index in [1.807, 2.05) is 0 Å². The molecule has 1 rings (SSSR count). The van der Waals surface area contributed by atoms with Crippen molar-refractivity contribution in [2.45, 2.75) is 78.8 Å². The van der Waals surface area contributed by atoms with Gasteiger partial charge < -0.3 is 10.2 Å². The number of rotatable bonds is 8. The summed E-state index contributed by atoms with van der Waals surface area (Å²) in [6, 6.07) is 1.46. The smallest absolute Gasteiger partial charge is 0.0108 e. The number of nitrogens with zero attached hydrogens (tertiary/aromatic N) is 1. The first-order chi connectivity index (χ1) is 9.49. The maximum atomic E-state index is 3.82. The molecule has 4 atom stereocenters. The van der Waals surface area contributed by atoms with Crippen molar-refractivity contribution in [1.29, 1.82) is 0 Å². The van der Waals surface area contributed by atoms with Crippen LogP contribution in [0.15, 0.2) is 0 Å². The minimum atomic E-state index is 0.709. The van der Waals surface area contributed by atoms with Crippen molar-refractivity contribution in [1.82, 2.24) is 10.2 Å². The highest BCUT2D eigenvalue weighted by Gasteiger charge is 2.32. The molecule has 0 spiro atoms. The van der Waals surface area contributed by atoms with E-state index in [4.69, 9.17) is 0 Å². The van der Waals surface area contributed by atoms with E-state index < -0.39 is 0 Å². The third kappa shape index (κ3) is 5.37. The Hall–Kier alpha value is -0.0800. The molecule has 0 aromatic heterocycles. The predicted octanol–water partition coefficient (Wildman–Crippen LogP) is 4.16. The zero-order valence-electron chi connectivity index (χ0n) is 14.8. The van der Waals surface area contributed by atoms with Gasteiger partial charge in [-0.25, -0.2) is 0 Å². The van der Waals surface area contributed by atoms with Crippen LogP contribution in [0, 0.1) is 17.8 Å². The fourth-order valence-electron chi connectivity index (χ4n) is 3.57. The maximum absolute atomic E-state index is 3.82.